The van der Waals surface area contributed by atoms with E-state index in [0.717, 1.165) is 11.5 Å². The molecule has 0 atom stereocenters. The van der Waals surface area contributed by atoms with E-state index < -0.39 is 0 Å². The zero-order valence-corrected chi connectivity index (χ0v) is 13.2. The lowest BCUT2D eigenvalue weighted by atomic mass is 9.96. The minimum absolute atomic E-state index is 0.155. The SMILES string of the molecule is Cc1nc(CNc2cc(Cl)nc(C(C)(C)C)n2)oc1C. The summed E-state index contributed by atoms with van der Waals surface area (Å²) in [6.45, 7) is 10.4. The molecule has 0 saturated heterocycles. The third-order valence-electron chi connectivity index (χ3n) is 2.86. The Balaban J connectivity index is 2.15. The van der Waals surface area contributed by atoms with Gasteiger partial charge in [-0.3, -0.25) is 0 Å². The van der Waals surface area contributed by atoms with E-state index >= 15 is 0 Å². The number of halogens is 1. The molecule has 108 valence electrons. The fraction of sp³-hybridized carbons (Fsp3) is 0.500. The lowest BCUT2D eigenvalue weighted by Crippen LogP contribution is -2.17. The minimum Gasteiger partial charge on any atom is -0.444 e. The summed E-state index contributed by atoms with van der Waals surface area (Å²) in [4.78, 5) is 13.0. The molecule has 2 aromatic heterocycles. The molecule has 0 aromatic carbocycles. The summed E-state index contributed by atoms with van der Waals surface area (Å²) >= 11 is 6.04. The van der Waals surface area contributed by atoms with Crippen LogP contribution in [-0.4, -0.2) is 15.0 Å². The molecule has 0 radical (unpaired) electrons. The predicted molar refractivity (Wildman–Crippen MR) is 79.0 cm³/mol. The van der Waals surface area contributed by atoms with Gasteiger partial charge in [-0.2, -0.15) is 0 Å². The van der Waals surface area contributed by atoms with Crippen LogP contribution in [0.4, 0.5) is 5.82 Å². The first-order valence-electron chi connectivity index (χ1n) is 6.47. The Labute approximate surface area is 123 Å². The minimum atomic E-state index is -0.155. The fourth-order valence-electron chi connectivity index (χ4n) is 1.62. The van der Waals surface area contributed by atoms with Crippen LogP contribution < -0.4 is 5.32 Å². The number of anilines is 1. The van der Waals surface area contributed by atoms with Gasteiger partial charge in [0.1, 0.15) is 22.6 Å². The van der Waals surface area contributed by atoms with Crippen LogP contribution in [0.5, 0.6) is 0 Å². The highest BCUT2D eigenvalue weighted by molar-refractivity contribution is 6.29. The van der Waals surface area contributed by atoms with Gasteiger partial charge in [-0.15, -0.1) is 0 Å². The van der Waals surface area contributed by atoms with E-state index in [9.17, 15) is 0 Å². The molecule has 0 spiro atoms. The summed E-state index contributed by atoms with van der Waals surface area (Å²) in [5.74, 6) is 2.83. The monoisotopic (exact) mass is 294 g/mol. The standard InChI is InChI=1S/C14H19ClN4O/c1-8-9(2)20-12(17-8)7-16-11-6-10(15)18-13(19-11)14(3,4)5/h6H,7H2,1-5H3,(H,16,18,19). The van der Waals surface area contributed by atoms with Gasteiger partial charge < -0.3 is 9.73 Å². The van der Waals surface area contributed by atoms with Crippen LogP contribution in [0.25, 0.3) is 0 Å². The number of rotatable bonds is 3. The highest BCUT2D eigenvalue weighted by Gasteiger charge is 2.19. The smallest absolute Gasteiger partial charge is 0.213 e. The van der Waals surface area contributed by atoms with Crippen molar-refractivity contribution >= 4 is 17.4 Å². The Hall–Kier alpha value is -1.62. The number of hydrogen-bond donors (Lipinski definition) is 1. The molecule has 0 bridgehead atoms. The summed E-state index contributed by atoms with van der Waals surface area (Å²) < 4.78 is 5.51. The first-order chi connectivity index (χ1) is 9.25. The largest absolute Gasteiger partial charge is 0.444 e. The number of aromatic nitrogens is 3. The van der Waals surface area contributed by atoms with Crippen molar-refractivity contribution in [2.24, 2.45) is 0 Å². The van der Waals surface area contributed by atoms with E-state index in [0.29, 0.717) is 29.2 Å². The molecule has 5 nitrogen and oxygen atoms in total. The van der Waals surface area contributed by atoms with Gasteiger partial charge in [0.25, 0.3) is 0 Å². The Morgan fingerprint density at radius 1 is 1.20 bits per heavy atom. The number of oxazole rings is 1. The number of nitrogens with zero attached hydrogens (tertiary/aromatic N) is 3. The number of aryl methyl sites for hydroxylation is 2. The van der Waals surface area contributed by atoms with Crippen molar-refractivity contribution in [2.45, 2.75) is 46.6 Å². The van der Waals surface area contributed by atoms with Crippen molar-refractivity contribution in [3.63, 3.8) is 0 Å². The zero-order valence-electron chi connectivity index (χ0n) is 12.4. The normalized spacial score (nSPS) is 11.7. The van der Waals surface area contributed by atoms with Gasteiger partial charge in [0.2, 0.25) is 5.89 Å². The van der Waals surface area contributed by atoms with Gasteiger partial charge >= 0.3 is 0 Å². The summed E-state index contributed by atoms with van der Waals surface area (Å²) in [5, 5.41) is 3.59. The summed E-state index contributed by atoms with van der Waals surface area (Å²) in [6, 6.07) is 1.69. The molecule has 0 aliphatic rings. The molecule has 1 N–H and O–H groups in total. The topological polar surface area (TPSA) is 63.8 Å². The summed E-state index contributed by atoms with van der Waals surface area (Å²) in [6.07, 6.45) is 0. The molecular weight excluding hydrogens is 276 g/mol. The fourth-order valence-corrected chi connectivity index (χ4v) is 1.81. The third-order valence-corrected chi connectivity index (χ3v) is 3.05. The second-order valence-corrected chi connectivity index (χ2v) is 6.14. The quantitative estimate of drug-likeness (QED) is 0.876. The van der Waals surface area contributed by atoms with Crippen molar-refractivity contribution in [2.75, 3.05) is 5.32 Å². The molecule has 0 fully saturated rings. The number of nitrogens with one attached hydrogen (secondary N) is 1. The van der Waals surface area contributed by atoms with Crippen molar-refractivity contribution < 1.29 is 4.42 Å². The Bertz CT molecular complexity index is 597. The van der Waals surface area contributed by atoms with Crippen molar-refractivity contribution in [1.82, 2.24) is 15.0 Å². The summed E-state index contributed by atoms with van der Waals surface area (Å²) in [5.41, 5.74) is 0.746. The second kappa shape index (κ2) is 5.40. The van der Waals surface area contributed by atoms with Crippen molar-refractivity contribution in [3.8, 4) is 0 Å². The zero-order chi connectivity index (χ0) is 14.9. The van der Waals surface area contributed by atoms with Crippen molar-refractivity contribution in [3.05, 3.63) is 34.4 Å². The van der Waals surface area contributed by atoms with E-state index in [-0.39, 0.29) is 5.41 Å². The van der Waals surface area contributed by atoms with Gasteiger partial charge in [0.05, 0.1) is 12.2 Å². The van der Waals surface area contributed by atoms with E-state index in [2.05, 4.69) is 20.3 Å². The van der Waals surface area contributed by atoms with Crippen LogP contribution in [0.1, 0.15) is 43.9 Å². The molecule has 2 rings (SSSR count). The maximum atomic E-state index is 6.04. The first kappa shape index (κ1) is 14.8. The molecular formula is C14H19ClN4O. The average molecular weight is 295 g/mol. The predicted octanol–water partition coefficient (Wildman–Crippen LogP) is 3.64. The van der Waals surface area contributed by atoms with Crippen LogP contribution in [0.15, 0.2) is 10.5 Å². The third kappa shape index (κ3) is 3.48. The van der Waals surface area contributed by atoms with E-state index in [1.54, 1.807) is 6.07 Å². The molecule has 0 saturated carbocycles. The van der Waals surface area contributed by atoms with Crippen molar-refractivity contribution in [1.29, 1.82) is 0 Å². The molecule has 2 heterocycles. The van der Waals surface area contributed by atoms with Crippen LogP contribution in [0, 0.1) is 13.8 Å². The lowest BCUT2D eigenvalue weighted by Gasteiger charge is -2.17. The second-order valence-electron chi connectivity index (χ2n) is 5.75. The number of hydrogen-bond acceptors (Lipinski definition) is 5. The van der Waals surface area contributed by atoms with Crippen LogP contribution in [-0.2, 0) is 12.0 Å². The van der Waals surface area contributed by atoms with E-state index in [1.165, 1.54) is 0 Å². The highest BCUT2D eigenvalue weighted by Crippen LogP contribution is 2.22. The molecule has 0 unspecified atom stereocenters. The van der Waals surface area contributed by atoms with Gasteiger partial charge in [0.15, 0.2) is 0 Å². The first-order valence-corrected chi connectivity index (χ1v) is 6.85. The lowest BCUT2D eigenvalue weighted by molar-refractivity contribution is 0.478. The van der Waals surface area contributed by atoms with E-state index in [1.807, 2.05) is 34.6 Å². The average Bonchev–Trinajstić information content (AvgIpc) is 2.65. The van der Waals surface area contributed by atoms with Crippen LogP contribution >= 0.6 is 11.6 Å². The Kier molecular flexibility index (Phi) is 3.99. The van der Waals surface area contributed by atoms with Gasteiger partial charge in [-0.1, -0.05) is 32.4 Å². The molecule has 2 aromatic rings. The van der Waals surface area contributed by atoms with Crippen LogP contribution in [0.3, 0.4) is 0 Å². The molecule has 6 heteroatoms. The maximum absolute atomic E-state index is 6.04. The summed E-state index contributed by atoms with van der Waals surface area (Å²) in [7, 11) is 0. The highest BCUT2D eigenvalue weighted by atomic mass is 35.5. The molecule has 20 heavy (non-hydrogen) atoms. The Morgan fingerprint density at radius 3 is 2.45 bits per heavy atom. The van der Waals surface area contributed by atoms with Gasteiger partial charge in [0, 0.05) is 11.5 Å². The molecule has 0 aliphatic heterocycles. The molecule has 0 amide bonds. The Morgan fingerprint density at radius 2 is 1.90 bits per heavy atom. The van der Waals surface area contributed by atoms with Crippen LogP contribution in [0.2, 0.25) is 5.15 Å². The van der Waals surface area contributed by atoms with Gasteiger partial charge in [-0.05, 0) is 13.8 Å². The van der Waals surface area contributed by atoms with E-state index in [4.69, 9.17) is 16.0 Å². The van der Waals surface area contributed by atoms with Gasteiger partial charge in [-0.25, -0.2) is 15.0 Å². The maximum Gasteiger partial charge on any atom is 0.213 e. The molecule has 0 aliphatic carbocycles.